The van der Waals surface area contributed by atoms with Gasteiger partial charge in [0.1, 0.15) is 11.9 Å². The molecule has 1 amide bonds. The summed E-state index contributed by atoms with van der Waals surface area (Å²) >= 11 is 3.32. The number of hydrogen-bond donors (Lipinski definition) is 2. The van der Waals surface area contributed by atoms with E-state index in [4.69, 9.17) is 5.73 Å². The topological polar surface area (TPSA) is 58.4 Å². The first-order valence-electron chi connectivity index (χ1n) is 6.69. The van der Waals surface area contributed by atoms with Crippen molar-refractivity contribution >= 4 is 21.8 Å². The number of nitrogens with zero attached hydrogens (tertiary/aromatic N) is 1. The van der Waals surface area contributed by atoms with Gasteiger partial charge < -0.3 is 16.0 Å². The Bertz CT molecular complexity index is 452. The molecule has 20 heavy (non-hydrogen) atoms. The highest BCUT2D eigenvalue weighted by Gasteiger charge is 2.20. The summed E-state index contributed by atoms with van der Waals surface area (Å²) in [5, 5.41) is 3.09. The van der Waals surface area contributed by atoms with Gasteiger partial charge in [-0.1, -0.05) is 29.8 Å². The van der Waals surface area contributed by atoms with Gasteiger partial charge in [0.2, 0.25) is 5.91 Å². The molecule has 4 nitrogen and oxygen atoms in total. The third-order valence-electron chi connectivity index (χ3n) is 3.22. The first kappa shape index (κ1) is 17.1. The van der Waals surface area contributed by atoms with E-state index in [0.717, 1.165) is 19.6 Å². The number of primary amides is 1. The zero-order valence-corrected chi connectivity index (χ0v) is 13.4. The van der Waals surface area contributed by atoms with Gasteiger partial charge in [-0.05, 0) is 36.9 Å². The molecule has 0 aromatic heterocycles. The molecular weight excluding hydrogens is 325 g/mol. The van der Waals surface area contributed by atoms with E-state index in [-0.39, 0.29) is 5.82 Å². The lowest BCUT2D eigenvalue weighted by Crippen LogP contribution is -2.39. The van der Waals surface area contributed by atoms with Gasteiger partial charge in [0, 0.05) is 17.6 Å². The third-order valence-corrected chi connectivity index (χ3v) is 3.95. The van der Waals surface area contributed by atoms with Crippen molar-refractivity contribution in [2.75, 3.05) is 26.2 Å². The molecule has 0 aliphatic heterocycles. The van der Waals surface area contributed by atoms with Crippen LogP contribution in [0.1, 0.15) is 25.5 Å². The molecular formula is C14H21BrFN3O. The fourth-order valence-corrected chi connectivity index (χ4v) is 2.48. The maximum atomic E-state index is 13.3. The number of nitrogens with one attached hydrogen (secondary N) is 1. The summed E-state index contributed by atoms with van der Waals surface area (Å²) in [6, 6.07) is 3.54. The molecule has 0 heterocycles. The van der Waals surface area contributed by atoms with E-state index in [1.54, 1.807) is 6.07 Å². The zero-order chi connectivity index (χ0) is 15.1. The van der Waals surface area contributed by atoms with Crippen molar-refractivity contribution in [2.24, 2.45) is 5.73 Å². The lowest BCUT2D eigenvalue weighted by atomic mass is 10.1. The highest BCUT2D eigenvalue weighted by Crippen LogP contribution is 2.24. The molecule has 1 aromatic carbocycles. The van der Waals surface area contributed by atoms with Crippen LogP contribution in [0.5, 0.6) is 0 Å². The lowest BCUT2D eigenvalue weighted by molar-refractivity contribution is -0.120. The average molecular weight is 346 g/mol. The molecule has 0 saturated carbocycles. The Kier molecular flexibility index (Phi) is 7.12. The van der Waals surface area contributed by atoms with Crippen molar-refractivity contribution in [3.63, 3.8) is 0 Å². The average Bonchev–Trinajstić information content (AvgIpc) is 2.42. The van der Waals surface area contributed by atoms with E-state index >= 15 is 0 Å². The van der Waals surface area contributed by atoms with Gasteiger partial charge in [0.25, 0.3) is 0 Å². The van der Waals surface area contributed by atoms with Crippen LogP contribution in [0.25, 0.3) is 0 Å². The number of likely N-dealkylation sites (N-methyl/N-ethyl adjacent to an activating group) is 1. The van der Waals surface area contributed by atoms with Crippen molar-refractivity contribution in [1.82, 2.24) is 10.2 Å². The number of rotatable bonds is 8. The van der Waals surface area contributed by atoms with Crippen LogP contribution in [-0.4, -0.2) is 37.0 Å². The van der Waals surface area contributed by atoms with E-state index < -0.39 is 11.9 Å². The maximum Gasteiger partial charge on any atom is 0.239 e. The predicted molar refractivity (Wildman–Crippen MR) is 81.8 cm³/mol. The second-order valence-electron chi connectivity index (χ2n) is 4.48. The van der Waals surface area contributed by atoms with Gasteiger partial charge in [0.05, 0.1) is 0 Å². The minimum atomic E-state index is -0.698. The Hall–Kier alpha value is -0.980. The molecule has 0 aliphatic rings. The van der Waals surface area contributed by atoms with Crippen LogP contribution in [0.2, 0.25) is 0 Å². The Morgan fingerprint density at radius 3 is 2.65 bits per heavy atom. The Morgan fingerprint density at radius 2 is 2.10 bits per heavy atom. The Labute approximate surface area is 127 Å². The number of benzene rings is 1. The van der Waals surface area contributed by atoms with E-state index in [2.05, 4.69) is 40.0 Å². The highest BCUT2D eigenvalue weighted by atomic mass is 79.9. The van der Waals surface area contributed by atoms with Crippen LogP contribution in [0.3, 0.4) is 0 Å². The molecule has 1 rings (SSSR count). The minimum Gasteiger partial charge on any atom is -0.368 e. The maximum absolute atomic E-state index is 13.3. The van der Waals surface area contributed by atoms with E-state index in [9.17, 15) is 9.18 Å². The lowest BCUT2D eigenvalue weighted by Gasteiger charge is -2.21. The molecule has 0 bridgehead atoms. The number of amides is 1. The second-order valence-corrected chi connectivity index (χ2v) is 5.34. The summed E-state index contributed by atoms with van der Waals surface area (Å²) in [5.74, 6) is -0.907. The van der Waals surface area contributed by atoms with Crippen LogP contribution >= 0.6 is 15.9 Å². The molecule has 0 aliphatic carbocycles. The van der Waals surface area contributed by atoms with Gasteiger partial charge in [0.15, 0.2) is 0 Å². The normalized spacial score (nSPS) is 12.7. The first-order chi connectivity index (χ1) is 9.49. The zero-order valence-electron chi connectivity index (χ0n) is 11.8. The van der Waals surface area contributed by atoms with Crippen molar-refractivity contribution < 1.29 is 9.18 Å². The van der Waals surface area contributed by atoms with Gasteiger partial charge in [-0.25, -0.2) is 4.39 Å². The number of nitrogens with two attached hydrogens (primary N) is 1. The van der Waals surface area contributed by atoms with E-state index in [0.29, 0.717) is 16.6 Å². The largest absolute Gasteiger partial charge is 0.368 e. The summed E-state index contributed by atoms with van der Waals surface area (Å²) in [4.78, 5) is 13.8. The number of carbonyl (C=O) groups is 1. The molecule has 1 unspecified atom stereocenters. The summed E-state index contributed by atoms with van der Waals surface area (Å²) in [5.41, 5.74) is 5.94. The van der Waals surface area contributed by atoms with Gasteiger partial charge in [-0.2, -0.15) is 0 Å². The van der Waals surface area contributed by atoms with Crippen LogP contribution < -0.4 is 11.1 Å². The monoisotopic (exact) mass is 345 g/mol. The summed E-state index contributed by atoms with van der Waals surface area (Å²) in [6.45, 7) is 7.48. The second kappa shape index (κ2) is 8.34. The molecule has 112 valence electrons. The first-order valence-corrected chi connectivity index (χ1v) is 7.48. The number of hydrogen-bond acceptors (Lipinski definition) is 3. The van der Waals surface area contributed by atoms with Crippen molar-refractivity contribution in [2.45, 2.75) is 19.9 Å². The van der Waals surface area contributed by atoms with Crippen LogP contribution in [0.4, 0.5) is 4.39 Å². The summed E-state index contributed by atoms with van der Waals surface area (Å²) in [7, 11) is 0. The highest BCUT2D eigenvalue weighted by molar-refractivity contribution is 9.10. The minimum absolute atomic E-state index is 0.389. The van der Waals surface area contributed by atoms with Crippen molar-refractivity contribution in [1.29, 1.82) is 0 Å². The standard InChI is InChI=1S/C14H21BrFN3O/c1-3-19(4-2)8-7-18-13(14(17)20)11-9-10(16)5-6-12(11)15/h5-6,9,13,18H,3-4,7-8H2,1-2H3,(H2,17,20). The Morgan fingerprint density at radius 1 is 1.45 bits per heavy atom. The van der Waals surface area contributed by atoms with Crippen LogP contribution in [0, 0.1) is 5.82 Å². The van der Waals surface area contributed by atoms with E-state index in [1.807, 2.05) is 0 Å². The Balaban J connectivity index is 2.75. The quantitative estimate of drug-likeness (QED) is 0.758. The van der Waals surface area contributed by atoms with Crippen LogP contribution in [0.15, 0.2) is 22.7 Å². The van der Waals surface area contributed by atoms with Crippen LogP contribution in [-0.2, 0) is 4.79 Å². The van der Waals surface area contributed by atoms with Crippen molar-refractivity contribution in [3.05, 3.63) is 34.1 Å². The van der Waals surface area contributed by atoms with Gasteiger partial charge >= 0.3 is 0 Å². The molecule has 0 fully saturated rings. The van der Waals surface area contributed by atoms with E-state index in [1.165, 1.54) is 12.1 Å². The predicted octanol–water partition coefficient (Wildman–Crippen LogP) is 2.05. The SMILES string of the molecule is CCN(CC)CCNC(C(N)=O)c1cc(F)ccc1Br. The smallest absolute Gasteiger partial charge is 0.239 e. The fraction of sp³-hybridized carbons (Fsp3) is 0.500. The molecule has 0 spiro atoms. The summed E-state index contributed by atoms with van der Waals surface area (Å²) < 4.78 is 14.0. The molecule has 0 saturated heterocycles. The number of carbonyl (C=O) groups excluding carboxylic acids is 1. The molecule has 1 atom stereocenters. The van der Waals surface area contributed by atoms with Crippen molar-refractivity contribution in [3.8, 4) is 0 Å². The van der Waals surface area contributed by atoms with Gasteiger partial charge in [-0.15, -0.1) is 0 Å². The fourth-order valence-electron chi connectivity index (χ4n) is 2.01. The van der Waals surface area contributed by atoms with Gasteiger partial charge in [-0.3, -0.25) is 4.79 Å². The molecule has 1 aromatic rings. The molecule has 6 heteroatoms. The number of halogens is 2. The summed E-state index contributed by atoms with van der Waals surface area (Å²) in [6.07, 6.45) is 0. The molecule has 0 radical (unpaired) electrons. The third kappa shape index (κ3) is 4.85. The molecule has 3 N–H and O–H groups in total.